The van der Waals surface area contributed by atoms with Crippen LogP contribution in [0, 0.1) is 0 Å². The zero-order valence-corrected chi connectivity index (χ0v) is 13.6. The highest BCUT2D eigenvalue weighted by Gasteiger charge is 2.29. The monoisotopic (exact) mass is 367 g/mol. The van der Waals surface area contributed by atoms with E-state index < -0.39 is 10.0 Å². The molecule has 1 fully saturated rings. The Morgan fingerprint density at radius 2 is 2.00 bits per heavy atom. The molecule has 0 aromatic heterocycles. The standard InChI is InChI=1S/C12H15BrClNO3S/c1-15(9-4-6-18-7-5-9)19(16,17)10-2-3-12(14)11(13)8-10/h2-3,8-9H,4-7H2,1H3. The number of nitrogens with zero attached hydrogens (tertiary/aromatic N) is 1. The molecule has 7 heteroatoms. The molecule has 1 saturated heterocycles. The first-order chi connectivity index (χ1) is 8.93. The second kappa shape index (κ2) is 6.10. The fourth-order valence-electron chi connectivity index (χ4n) is 2.05. The van der Waals surface area contributed by atoms with Crippen molar-refractivity contribution in [3.63, 3.8) is 0 Å². The van der Waals surface area contributed by atoms with Gasteiger partial charge in [0, 0.05) is 30.8 Å². The summed E-state index contributed by atoms with van der Waals surface area (Å²) >= 11 is 9.14. The number of sulfonamides is 1. The molecule has 1 aliphatic rings. The lowest BCUT2D eigenvalue weighted by molar-refractivity contribution is 0.0632. The van der Waals surface area contributed by atoms with E-state index in [4.69, 9.17) is 16.3 Å². The van der Waals surface area contributed by atoms with E-state index in [1.807, 2.05) is 0 Å². The maximum atomic E-state index is 12.5. The minimum atomic E-state index is -3.49. The first kappa shape index (κ1) is 15.3. The molecule has 0 radical (unpaired) electrons. The molecule has 106 valence electrons. The molecule has 1 aromatic carbocycles. The fraction of sp³-hybridized carbons (Fsp3) is 0.500. The Kier molecular flexibility index (Phi) is 4.89. The maximum absolute atomic E-state index is 12.5. The Morgan fingerprint density at radius 1 is 1.37 bits per heavy atom. The van der Waals surface area contributed by atoms with Crippen molar-refractivity contribution >= 4 is 37.6 Å². The second-order valence-corrected chi connectivity index (χ2v) is 7.70. The minimum Gasteiger partial charge on any atom is -0.381 e. The average molecular weight is 369 g/mol. The molecular weight excluding hydrogens is 354 g/mol. The van der Waals surface area contributed by atoms with E-state index >= 15 is 0 Å². The van der Waals surface area contributed by atoms with Gasteiger partial charge in [0.15, 0.2) is 0 Å². The summed E-state index contributed by atoms with van der Waals surface area (Å²) in [6.45, 7) is 1.21. The number of hydrogen-bond acceptors (Lipinski definition) is 3. The Hall–Kier alpha value is -0.140. The molecule has 0 saturated carbocycles. The summed E-state index contributed by atoms with van der Waals surface area (Å²) in [5, 5.41) is 0.493. The van der Waals surface area contributed by atoms with E-state index in [0.29, 0.717) is 22.7 Å². The van der Waals surface area contributed by atoms with E-state index in [-0.39, 0.29) is 10.9 Å². The van der Waals surface area contributed by atoms with Crippen LogP contribution in [-0.4, -0.2) is 39.0 Å². The Morgan fingerprint density at radius 3 is 2.58 bits per heavy atom. The van der Waals surface area contributed by atoms with Gasteiger partial charge in [0.1, 0.15) is 0 Å². The summed E-state index contributed by atoms with van der Waals surface area (Å²) in [4.78, 5) is 0.248. The molecule has 0 bridgehead atoms. The van der Waals surface area contributed by atoms with Crippen LogP contribution in [0.25, 0.3) is 0 Å². The Bertz CT molecular complexity index is 558. The van der Waals surface area contributed by atoms with E-state index in [0.717, 1.165) is 12.8 Å². The van der Waals surface area contributed by atoms with Crippen LogP contribution in [0.15, 0.2) is 27.6 Å². The molecule has 1 aromatic rings. The van der Waals surface area contributed by atoms with Gasteiger partial charge in [-0.15, -0.1) is 0 Å². The van der Waals surface area contributed by atoms with Crippen molar-refractivity contribution in [2.75, 3.05) is 20.3 Å². The lowest BCUT2D eigenvalue weighted by Gasteiger charge is -2.30. The van der Waals surface area contributed by atoms with Crippen molar-refractivity contribution in [3.05, 3.63) is 27.7 Å². The van der Waals surface area contributed by atoms with E-state index in [1.165, 1.54) is 16.4 Å². The molecule has 0 spiro atoms. The van der Waals surface area contributed by atoms with Gasteiger partial charge in [-0.2, -0.15) is 4.31 Å². The van der Waals surface area contributed by atoms with Gasteiger partial charge >= 0.3 is 0 Å². The second-order valence-electron chi connectivity index (χ2n) is 4.44. The molecule has 4 nitrogen and oxygen atoms in total. The van der Waals surface area contributed by atoms with Crippen molar-refractivity contribution in [1.29, 1.82) is 0 Å². The van der Waals surface area contributed by atoms with Crippen LogP contribution in [0.5, 0.6) is 0 Å². The smallest absolute Gasteiger partial charge is 0.243 e. The third-order valence-electron chi connectivity index (χ3n) is 3.27. The maximum Gasteiger partial charge on any atom is 0.243 e. The molecule has 19 heavy (non-hydrogen) atoms. The van der Waals surface area contributed by atoms with E-state index in [9.17, 15) is 8.42 Å². The number of hydrogen-bond donors (Lipinski definition) is 0. The van der Waals surface area contributed by atoms with Gasteiger partial charge in [-0.05, 0) is 47.0 Å². The van der Waals surface area contributed by atoms with Crippen molar-refractivity contribution in [2.45, 2.75) is 23.8 Å². The lowest BCUT2D eigenvalue weighted by atomic mass is 10.1. The summed E-state index contributed by atoms with van der Waals surface area (Å²) in [7, 11) is -1.87. The third-order valence-corrected chi connectivity index (χ3v) is 6.39. The summed E-state index contributed by atoms with van der Waals surface area (Å²) in [5.41, 5.74) is 0. The first-order valence-corrected chi connectivity index (χ1v) is 8.55. The highest BCUT2D eigenvalue weighted by Crippen LogP contribution is 2.28. The highest BCUT2D eigenvalue weighted by molar-refractivity contribution is 9.10. The summed E-state index contributed by atoms with van der Waals surface area (Å²) < 4.78 is 32.3. The molecule has 1 heterocycles. The highest BCUT2D eigenvalue weighted by atomic mass is 79.9. The van der Waals surface area contributed by atoms with E-state index in [1.54, 1.807) is 13.1 Å². The van der Waals surface area contributed by atoms with Crippen LogP contribution in [0.2, 0.25) is 5.02 Å². The van der Waals surface area contributed by atoms with Crippen molar-refractivity contribution in [3.8, 4) is 0 Å². The van der Waals surface area contributed by atoms with Crippen molar-refractivity contribution in [1.82, 2.24) is 4.31 Å². The van der Waals surface area contributed by atoms with Crippen molar-refractivity contribution in [2.24, 2.45) is 0 Å². The van der Waals surface area contributed by atoms with Gasteiger partial charge in [-0.1, -0.05) is 11.6 Å². The molecule has 2 rings (SSSR count). The largest absolute Gasteiger partial charge is 0.381 e. The zero-order valence-electron chi connectivity index (χ0n) is 10.5. The molecule has 0 aliphatic carbocycles. The molecular formula is C12H15BrClNO3S. The Labute approximate surface area is 126 Å². The number of benzene rings is 1. The summed E-state index contributed by atoms with van der Waals surface area (Å²) in [6.07, 6.45) is 1.45. The normalized spacial score (nSPS) is 17.9. The predicted molar refractivity (Wildman–Crippen MR) is 77.9 cm³/mol. The van der Waals surface area contributed by atoms with Gasteiger partial charge in [0.25, 0.3) is 0 Å². The first-order valence-electron chi connectivity index (χ1n) is 5.94. The molecule has 0 atom stereocenters. The van der Waals surface area contributed by atoms with Crippen LogP contribution in [0.4, 0.5) is 0 Å². The number of rotatable bonds is 3. The van der Waals surface area contributed by atoms with Gasteiger partial charge in [0.2, 0.25) is 10.0 Å². The molecule has 0 unspecified atom stereocenters. The zero-order chi connectivity index (χ0) is 14.0. The SMILES string of the molecule is CN(C1CCOCC1)S(=O)(=O)c1ccc(Cl)c(Br)c1. The van der Waals surface area contributed by atoms with Gasteiger partial charge in [-0.3, -0.25) is 0 Å². The van der Waals surface area contributed by atoms with Crippen molar-refractivity contribution < 1.29 is 13.2 Å². The number of ether oxygens (including phenoxy) is 1. The summed E-state index contributed by atoms with van der Waals surface area (Å²) in [6, 6.07) is 4.63. The van der Waals surface area contributed by atoms with Gasteiger partial charge < -0.3 is 4.74 Å². The fourth-order valence-corrected chi connectivity index (χ4v) is 4.14. The predicted octanol–water partition coefficient (Wildman–Crippen LogP) is 2.90. The van der Waals surface area contributed by atoms with Crippen LogP contribution < -0.4 is 0 Å². The van der Waals surface area contributed by atoms with Crippen LogP contribution >= 0.6 is 27.5 Å². The van der Waals surface area contributed by atoms with E-state index in [2.05, 4.69) is 15.9 Å². The van der Waals surface area contributed by atoms with Crippen LogP contribution in [0.1, 0.15) is 12.8 Å². The van der Waals surface area contributed by atoms with Crippen LogP contribution in [-0.2, 0) is 14.8 Å². The van der Waals surface area contributed by atoms with Gasteiger partial charge in [0.05, 0.1) is 9.92 Å². The summed E-state index contributed by atoms with van der Waals surface area (Å²) in [5.74, 6) is 0. The van der Waals surface area contributed by atoms with Crippen LogP contribution in [0.3, 0.4) is 0 Å². The molecule has 0 N–H and O–H groups in total. The average Bonchev–Trinajstić information content (AvgIpc) is 2.41. The van der Waals surface area contributed by atoms with Gasteiger partial charge in [-0.25, -0.2) is 8.42 Å². The Balaban J connectivity index is 2.27. The topological polar surface area (TPSA) is 46.6 Å². The molecule has 0 amide bonds. The lowest BCUT2D eigenvalue weighted by Crippen LogP contribution is -2.40. The quantitative estimate of drug-likeness (QED) is 0.824. The molecule has 1 aliphatic heterocycles. The minimum absolute atomic E-state index is 0.00629. The number of halogens is 2. The third kappa shape index (κ3) is 3.31.